The number of carbonyl (C=O) groups is 2. The summed E-state index contributed by atoms with van der Waals surface area (Å²) in [4.78, 5) is 21.6. The molecule has 11 heavy (non-hydrogen) atoms. The number of fused-ring (bicyclic) bond motifs is 1. The van der Waals surface area contributed by atoms with Crippen LogP contribution in [0.2, 0.25) is 0 Å². The van der Waals surface area contributed by atoms with Gasteiger partial charge in [-0.05, 0) is 12.2 Å². The molecule has 0 aromatic rings. The highest BCUT2D eigenvalue weighted by atomic mass is 16.5. The van der Waals surface area contributed by atoms with Crippen molar-refractivity contribution in [2.24, 2.45) is 5.92 Å². The van der Waals surface area contributed by atoms with Crippen molar-refractivity contribution in [3.63, 3.8) is 0 Å². The van der Waals surface area contributed by atoms with Crippen molar-refractivity contribution in [2.75, 3.05) is 0 Å². The maximum absolute atomic E-state index is 10.9. The SMILES string of the molecule is O=C1C=CC2OC(=O)CC2C1. The first kappa shape index (κ1) is 6.58. The third-order valence-corrected chi connectivity index (χ3v) is 2.10. The Bertz CT molecular complexity index is 242. The molecule has 2 aliphatic rings. The maximum Gasteiger partial charge on any atom is 0.306 e. The first-order valence-corrected chi connectivity index (χ1v) is 3.66. The molecule has 2 unspecified atom stereocenters. The summed E-state index contributed by atoms with van der Waals surface area (Å²) in [7, 11) is 0. The third kappa shape index (κ3) is 1.06. The molecule has 0 N–H and O–H groups in total. The minimum absolute atomic E-state index is 0.101. The second kappa shape index (κ2) is 2.19. The number of rotatable bonds is 0. The molecule has 0 bridgehead atoms. The highest BCUT2D eigenvalue weighted by molar-refractivity contribution is 5.92. The number of carbonyl (C=O) groups excluding carboxylic acids is 2. The summed E-state index contributed by atoms with van der Waals surface area (Å²) < 4.78 is 4.94. The Hall–Kier alpha value is -1.12. The third-order valence-electron chi connectivity index (χ3n) is 2.10. The van der Waals surface area contributed by atoms with Crippen LogP contribution in [-0.4, -0.2) is 17.9 Å². The van der Waals surface area contributed by atoms with E-state index in [9.17, 15) is 9.59 Å². The Morgan fingerprint density at radius 1 is 1.36 bits per heavy atom. The van der Waals surface area contributed by atoms with Gasteiger partial charge >= 0.3 is 5.97 Å². The number of hydrogen-bond donors (Lipinski definition) is 0. The van der Waals surface area contributed by atoms with Gasteiger partial charge in [-0.2, -0.15) is 0 Å². The van der Waals surface area contributed by atoms with Gasteiger partial charge in [-0.25, -0.2) is 0 Å². The van der Waals surface area contributed by atoms with E-state index in [1.54, 1.807) is 6.08 Å². The lowest BCUT2D eigenvalue weighted by atomic mass is 9.90. The van der Waals surface area contributed by atoms with Crippen LogP contribution < -0.4 is 0 Å². The summed E-state index contributed by atoms with van der Waals surface area (Å²) >= 11 is 0. The zero-order chi connectivity index (χ0) is 7.84. The summed E-state index contributed by atoms with van der Waals surface area (Å²) in [6, 6.07) is 0. The molecule has 58 valence electrons. The molecule has 0 aromatic heterocycles. The average Bonchev–Trinajstić information content (AvgIpc) is 2.27. The molecule has 1 fully saturated rings. The van der Waals surface area contributed by atoms with Crippen molar-refractivity contribution < 1.29 is 14.3 Å². The van der Waals surface area contributed by atoms with Crippen molar-refractivity contribution in [1.29, 1.82) is 0 Å². The number of allylic oxidation sites excluding steroid dienone is 1. The molecule has 0 spiro atoms. The molecular weight excluding hydrogens is 144 g/mol. The molecule has 1 heterocycles. The summed E-state index contributed by atoms with van der Waals surface area (Å²) in [5.41, 5.74) is 0. The van der Waals surface area contributed by atoms with Gasteiger partial charge in [0.05, 0.1) is 6.42 Å². The predicted molar refractivity (Wildman–Crippen MR) is 36.8 cm³/mol. The minimum atomic E-state index is -0.181. The number of ketones is 1. The van der Waals surface area contributed by atoms with Crippen molar-refractivity contribution in [2.45, 2.75) is 18.9 Å². The molecule has 3 nitrogen and oxygen atoms in total. The molecule has 2 atom stereocenters. The number of esters is 1. The second-order valence-electron chi connectivity index (χ2n) is 2.95. The number of hydrogen-bond acceptors (Lipinski definition) is 3. The molecule has 0 amide bonds. The van der Waals surface area contributed by atoms with E-state index in [4.69, 9.17) is 4.74 Å². The van der Waals surface area contributed by atoms with E-state index >= 15 is 0 Å². The van der Waals surface area contributed by atoms with Gasteiger partial charge in [0, 0.05) is 12.3 Å². The summed E-state index contributed by atoms with van der Waals surface area (Å²) in [5.74, 6) is 0.0314. The lowest BCUT2D eigenvalue weighted by Gasteiger charge is -2.15. The summed E-state index contributed by atoms with van der Waals surface area (Å²) in [6.45, 7) is 0. The van der Waals surface area contributed by atoms with Crippen LogP contribution in [0.5, 0.6) is 0 Å². The van der Waals surface area contributed by atoms with Crippen LogP contribution in [-0.2, 0) is 14.3 Å². The van der Waals surface area contributed by atoms with Crippen LogP contribution in [0, 0.1) is 5.92 Å². The second-order valence-corrected chi connectivity index (χ2v) is 2.95. The summed E-state index contributed by atoms with van der Waals surface area (Å²) in [6.07, 6.45) is 3.93. The van der Waals surface area contributed by atoms with Gasteiger partial charge < -0.3 is 4.74 Å². The molecule has 3 heteroatoms. The van der Waals surface area contributed by atoms with Crippen LogP contribution >= 0.6 is 0 Å². The molecule has 0 saturated carbocycles. The van der Waals surface area contributed by atoms with Crippen LogP contribution in [0.15, 0.2) is 12.2 Å². The Morgan fingerprint density at radius 2 is 2.18 bits per heavy atom. The predicted octanol–water partition coefficient (Wildman–Crippen LogP) is 0.447. The highest BCUT2D eigenvalue weighted by Crippen LogP contribution is 2.29. The largest absolute Gasteiger partial charge is 0.458 e. The lowest BCUT2D eigenvalue weighted by Crippen LogP contribution is -2.20. The fourth-order valence-electron chi connectivity index (χ4n) is 1.54. The van der Waals surface area contributed by atoms with E-state index in [2.05, 4.69) is 0 Å². The Kier molecular flexibility index (Phi) is 1.31. The van der Waals surface area contributed by atoms with Gasteiger partial charge in [-0.3, -0.25) is 9.59 Å². The van der Waals surface area contributed by atoms with Crippen LogP contribution in [0.4, 0.5) is 0 Å². The van der Waals surface area contributed by atoms with Gasteiger partial charge in [0.2, 0.25) is 0 Å². The van der Waals surface area contributed by atoms with E-state index < -0.39 is 0 Å². The Labute approximate surface area is 64.0 Å². The zero-order valence-corrected chi connectivity index (χ0v) is 5.95. The molecule has 1 aliphatic carbocycles. The Morgan fingerprint density at radius 3 is 3.00 bits per heavy atom. The van der Waals surface area contributed by atoms with Gasteiger partial charge in [-0.15, -0.1) is 0 Å². The molecule has 1 saturated heterocycles. The fraction of sp³-hybridized carbons (Fsp3) is 0.500. The van der Waals surface area contributed by atoms with E-state index in [1.165, 1.54) is 6.08 Å². The number of ether oxygens (including phenoxy) is 1. The van der Waals surface area contributed by atoms with Crippen molar-refractivity contribution in [3.05, 3.63) is 12.2 Å². The van der Waals surface area contributed by atoms with E-state index in [0.717, 1.165) is 0 Å². The van der Waals surface area contributed by atoms with E-state index in [1.807, 2.05) is 0 Å². The smallest absolute Gasteiger partial charge is 0.306 e. The first-order chi connectivity index (χ1) is 5.25. The standard InChI is InChI=1S/C8H8O3/c9-6-1-2-7-5(3-6)4-8(10)11-7/h1-2,5,7H,3-4H2. The minimum Gasteiger partial charge on any atom is -0.458 e. The summed E-state index contributed by atoms with van der Waals surface area (Å²) in [5, 5.41) is 0. The molecule has 2 rings (SSSR count). The van der Waals surface area contributed by atoms with Gasteiger partial charge in [0.1, 0.15) is 6.10 Å². The lowest BCUT2D eigenvalue weighted by molar-refractivity contribution is -0.140. The topological polar surface area (TPSA) is 43.4 Å². The molecule has 0 aromatic carbocycles. The van der Waals surface area contributed by atoms with Crippen molar-refractivity contribution in [3.8, 4) is 0 Å². The molecule has 0 radical (unpaired) electrons. The monoisotopic (exact) mass is 152 g/mol. The van der Waals surface area contributed by atoms with E-state index in [0.29, 0.717) is 12.8 Å². The maximum atomic E-state index is 10.9. The van der Waals surface area contributed by atoms with Crippen molar-refractivity contribution in [1.82, 2.24) is 0 Å². The average molecular weight is 152 g/mol. The van der Waals surface area contributed by atoms with Gasteiger partial charge in [-0.1, -0.05) is 0 Å². The Balaban J connectivity index is 2.19. The van der Waals surface area contributed by atoms with Crippen LogP contribution in [0.3, 0.4) is 0 Å². The zero-order valence-electron chi connectivity index (χ0n) is 5.95. The van der Waals surface area contributed by atoms with Gasteiger partial charge in [0.15, 0.2) is 5.78 Å². The van der Waals surface area contributed by atoms with Crippen molar-refractivity contribution >= 4 is 11.8 Å². The van der Waals surface area contributed by atoms with E-state index in [-0.39, 0.29) is 23.8 Å². The first-order valence-electron chi connectivity index (χ1n) is 3.66. The molecule has 1 aliphatic heterocycles. The van der Waals surface area contributed by atoms with Gasteiger partial charge in [0.25, 0.3) is 0 Å². The highest BCUT2D eigenvalue weighted by Gasteiger charge is 2.36. The quantitative estimate of drug-likeness (QED) is 0.473. The molecular formula is C8H8O3. The van der Waals surface area contributed by atoms with Crippen LogP contribution in [0.1, 0.15) is 12.8 Å². The van der Waals surface area contributed by atoms with Crippen LogP contribution in [0.25, 0.3) is 0 Å². The normalized spacial score (nSPS) is 35.3. The fourth-order valence-corrected chi connectivity index (χ4v) is 1.54.